The smallest absolute Gasteiger partial charge is 0.221 e. The summed E-state index contributed by atoms with van der Waals surface area (Å²) in [6.07, 6.45) is 4.83. The number of thioether (sulfide) groups is 1. The lowest BCUT2D eigenvalue weighted by atomic mass is 10.2. The largest absolute Gasteiger partial charge is 0.379 e. The molecule has 4 heteroatoms. The molecule has 3 nitrogen and oxygen atoms in total. The van der Waals surface area contributed by atoms with E-state index in [0.29, 0.717) is 6.04 Å². The van der Waals surface area contributed by atoms with Crippen LogP contribution in [0.25, 0.3) is 10.9 Å². The first-order chi connectivity index (χ1) is 8.81. The van der Waals surface area contributed by atoms with Crippen LogP contribution < -0.4 is 0 Å². The van der Waals surface area contributed by atoms with Crippen LogP contribution in [-0.4, -0.2) is 29.2 Å². The van der Waals surface area contributed by atoms with E-state index >= 15 is 0 Å². The van der Waals surface area contributed by atoms with E-state index in [1.165, 1.54) is 11.8 Å². The van der Waals surface area contributed by atoms with Gasteiger partial charge in [-0.2, -0.15) is 0 Å². The van der Waals surface area contributed by atoms with E-state index in [1.807, 2.05) is 30.7 Å². The van der Waals surface area contributed by atoms with Gasteiger partial charge in [-0.05, 0) is 18.7 Å². The number of hydrogen-bond donors (Lipinski definition) is 0. The van der Waals surface area contributed by atoms with Gasteiger partial charge in [0.25, 0.3) is 0 Å². The first-order valence-corrected chi connectivity index (χ1v) is 7.29. The van der Waals surface area contributed by atoms with Crippen LogP contribution in [0.2, 0.25) is 0 Å². The number of aromatic nitrogens is 1. The summed E-state index contributed by atoms with van der Waals surface area (Å²) in [5, 5.41) is 1.17. The molecule has 1 aromatic carbocycles. The predicted octanol–water partition coefficient (Wildman–Crippen LogP) is 3.11. The highest BCUT2D eigenvalue weighted by atomic mass is 32.2. The molecule has 0 saturated carbocycles. The molecule has 18 heavy (non-hydrogen) atoms. The molecule has 3 rings (SSSR count). The minimum Gasteiger partial charge on any atom is -0.379 e. The highest BCUT2D eigenvalue weighted by molar-refractivity contribution is 8.13. The predicted molar refractivity (Wildman–Crippen MR) is 74.3 cm³/mol. The van der Waals surface area contributed by atoms with Gasteiger partial charge in [0.2, 0.25) is 5.12 Å². The number of rotatable bonds is 2. The summed E-state index contributed by atoms with van der Waals surface area (Å²) in [6.45, 7) is 1.55. The maximum atomic E-state index is 12.0. The molecule has 94 valence electrons. The second-order valence-electron chi connectivity index (χ2n) is 4.48. The summed E-state index contributed by atoms with van der Waals surface area (Å²) in [4.78, 5) is 12.0. The molecule has 0 amide bonds. The highest BCUT2D eigenvalue weighted by Crippen LogP contribution is 2.30. The van der Waals surface area contributed by atoms with Crippen LogP contribution >= 0.6 is 11.8 Å². The second-order valence-corrected chi connectivity index (χ2v) is 5.26. The Balaban J connectivity index is 2.16. The monoisotopic (exact) mass is 261 g/mol. The molecule has 0 radical (unpaired) electrons. The van der Waals surface area contributed by atoms with E-state index in [2.05, 4.69) is 10.6 Å². The van der Waals surface area contributed by atoms with Crippen molar-refractivity contribution in [3.8, 4) is 0 Å². The third-order valence-electron chi connectivity index (χ3n) is 3.44. The average Bonchev–Trinajstić information content (AvgIpc) is 3.04. The van der Waals surface area contributed by atoms with Crippen LogP contribution in [0.3, 0.4) is 0 Å². The fourth-order valence-corrected chi connectivity index (χ4v) is 2.90. The number of fused-ring (bicyclic) bond motifs is 1. The van der Waals surface area contributed by atoms with Crippen molar-refractivity contribution in [3.63, 3.8) is 0 Å². The summed E-state index contributed by atoms with van der Waals surface area (Å²) >= 11 is 1.27. The summed E-state index contributed by atoms with van der Waals surface area (Å²) < 4.78 is 7.65. The lowest BCUT2D eigenvalue weighted by molar-refractivity contribution is 0.109. The van der Waals surface area contributed by atoms with Gasteiger partial charge >= 0.3 is 0 Å². The average molecular weight is 261 g/mol. The maximum Gasteiger partial charge on any atom is 0.221 e. The molecule has 1 aliphatic rings. The minimum atomic E-state index is 0.129. The van der Waals surface area contributed by atoms with Gasteiger partial charge in [-0.3, -0.25) is 4.79 Å². The molecular formula is C14H15NO2S. The molecule has 1 aliphatic heterocycles. The Morgan fingerprint density at radius 2 is 2.28 bits per heavy atom. The van der Waals surface area contributed by atoms with Crippen molar-refractivity contribution in [2.45, 2.75) is 12.5 Å². The number of para-hydroxylation sites is 1. The summed E-state index contributed by atoms with van der Waals surface area (Å²) in [6, 6.07) is 8.45. The normalized spacial score (nSPS) is 19.5. The minimum absolute atomic E-state index is 0.129. The van der Waals surface area contributed by atoms with Crippen LogP contribution in [0.4, 0.5) is 0 Å². The first kappa shape index (κ1) is 11.8. The van der Waals surface area contributed by atoms with Crippen molar-refractivity contribution >= 4 is 27.8 Å². The van der Waals surface area contributed by atoms with E-state index in [9.17, 15) is 4.79 Å². The Bertz CT molecular complexity index is 584. The number of nitrogens with zero attached hydrogens (tertiary/aromatic N) is 1. The van der Waals surface area contributed by atoms with Gasteiger partial charge < -0.3 is 9.30 Å². The molecule has 0 aliphatic carbocycles. The van der Waals surface area contributed by atoms with Gasteiger partial charge in [-0.15, -0.1) is 0 Å². The molecular weight excluding hydrogens is 246 g/mol. The van der Waals surface area contributed by atoms with Gasteiger partial charge in [0.05, 0.1) is 18.2 Å². The lowest BCUT2D eigenvalue weighted by Crippen LogP contribution is -2.07. The quantitative estimate of drug-likeness (QED) is 0.832. The second kappa shape index (κ2) is 4.78. The summed E-state index contributed by atoms with van der Waals surface area (Å²) in [5.74, 6) is 0. The van der Waals surface area contributed by atoms with Crippen LogP contribution in [0.15, 0.2) is 30.5 Å². The number of carbonyl (C=O) groups is 1. The Labute approximate surface area is 110 Å². The van der Waals surface area contributed by atoms with Crippen molar-refractivity contribution in [1.29, 1.82) is 0 Å². The Kier molecular flexibility index (Phi) is 3.14. The van der Waals surface area contributed by atoms with Crippen molar-refractivity contribution in [3.05, 3.63) is 36.0 Å². The van der Waals surface area contributed by atoms with Crippen LogP contribution in [0.1, 0.15) is 22.8 Å². The molecule has 0 bridgehead atoms. The zero-order valence-electron chi connectivity index (χ0n) is 10.3. The fourth-order valence-electron chi connectivity index (χ4n) is 2.52. The zero-order chi connectivity index (χ0) is 12.5. The van der Waals surface area contributed by atoms with E-state index in [1.54, 1.807) is 0 Å². The molecule has 1 fully saturated rings. The van der Waals surface area contributed by atoms with Crippen molar-refractivity contribution in [2.24, 2.45) is 0 Å². The molecule has 0 unspecified atom stereocenters. The van der Waals surface area contributed by atoms with E-state index in [0.717, 1.165) is 36.1 Å². The fraction of sp³-hybridized carbons (Fsp3) is 0.357. The standard InChI is InChI=1S/C14H15NO2S/c1-18-14(16)12-8-15(10-6-7-17-9-10)13-5-3-2-4-11(12)13/h2-5,8,10H,6-7,9H2,1H3/t10-/m0/s1. The third kappa shape index (κ3) is 1.85. The molecule has 0 N–H and O–H groups in total. The van der Waals surface area contributed by atoms with Crippen LogP contribution in [0.5, 0.6) is 0 Å². The molecule has 1 aromatic heterocycles. The number of hydrogen-bond acceptors (Lipinski definition) is 3. The number of ether oxygens (including phenoxy) is 1. The van der Waals surface area contributed by atoms with Crippen molar-refractivity contribution in [1.82, 2.24) is 4.57 Å². The maximum absolute atomic E-state index is 12.0. The topological polar surface area (TPSA) is 31.2 Å². The van der Waals surface area contributed by atoms with Gasteiger partial charge in [-0.25, -0.2) is 0 Å². The Morgan fingerprint density at radius 3 is 3.00 bits per heavy atom. The van der Waals surface area contributed by atoms with Crippen LogP contribution in [-0.2, 0) is 4.74 Å². The van der Waals surface area contributed by atoms with Crippen molar-refractivity contribution < 1.29 is 9.53 Å². The zero-order valence-corrected chi connectivity index (χ0v) is 11.1. The Morgan fingerprint density at radius 1 is 1.44 bits per heavy atom. The first-order valence-electron chi connectivity index (χ1n) is 6.07. The number of carbonyl (C=O) groups excluding carboxylic acids is 1. The number of benzene rings is 1. The van der Waals surface area contributed by atoms with E-state index in [4.69, 9.17) is 4.74 Å². The van der Waals surface area contributed by atoms with Gasteiger partial charge in [0, 0.05) is 23.7 Å². The molecule has 2 heterocycles. The molecule has 0 spiro atoms. The Hall–Kier alpha value is -1.26. The molecule has 1 saturated heterocycles. The SMILES string of the molecule is CSC(=O)c1cn([C@H]2CCOC2)c2ccccc12. The molecule has 2 aromatic rings. The van der Waals surface area contributed by atoms with Crippen LogP contribution in [0, 0.1) is 0 Å². The summed E-state index contributed by atoms with van der Waals surface area (Å²) in [7, 11) is 0. The lowest BCUT2D eigenvalue weighted by Gasteiger charge is -2.11. The van der Waals surface area contributed by atoms with E-state index in [-0.39, 0.29) is 5.12 Å². The van der Waals surface area contributed by atoms with E-state index < -0.39 is 0 Å². The van der Waals surface area contributed by atoms with Gasteiger partial charge in [0.1, 0.15) is 0 Å². The molecule has 1 atom stereocenters. The summed E-state index contributed by atoms with van der Waals surface area (Å²) in [5.41, 5.74) is 1.94. The van der Waals surface area contributed by atoms with Gasteiger partial charge in [0.15, 0.2) is 0 Å². The third-order valence-corrected chi connectivity index (χ3v) is 4.04. The van der Waals surface area contributed by atoms with Crippen molar-refractivity contribution in [2.75, 3.05) is 19.5 Å². The highest BCUT2D eigenvalue weighted by Gasteiger charge is 2.22. The van der Waals surface area contributed by atoms with Gasteiger partial charge in [-0.1, -0.05) is 30.0 Å².